The maximum Gasteiger partial charge on any atom is 0.303 e. The molecule has 0 unspecified atom stereocenters. The highest BCUT2D eigenvalue weighted by atomic mass is 16.5. The Hall–Kier alpha value is -2.19. The molecule has 1 aliphatic heterocycles. The van der Waals surface area contributed by atoms with Gasteiger partial charge in [-0.1, -0.05) is 19.9 Å². The van der Waals surface area contributed by atoms with Gasteiger partial charge in [0.2, 0.25) is 5.88 Å². The van der Waals surface area contributed by atoms with Gasteiger partial charge in [-0.2, -0.15) is 0 Å². The third-order valence-corrected chi connectivity index (χ3v) is 7.96. The fourth-order valence-corrected chi connectivity index (χ4v) is 5.90. The highest BCUT2D eigenvalue weighted by molar-refractivity contribution is 5.66. The maximum atomic E-state index is 11.7. The molecule has 0 spiro atoms. The Morgan fingerprint density at radius 2 is 2.00 bits per heavy atom. The van der Waals surface area contributed by atoms with Gasteiger partial charge in [0.25, 0.3) is 0 Å². The number of nitrogens with zero attached hydrogens (tertiary/aromatic N) is 4. The lowest BCUT2D eigenvalue weighted by Crippen LogP contribution is -2.57. The first-order valence-corrected chi connectivity index (χ1v) is 12.4. The number of methoxy groups -OCH3 is 1. The molecule has 8 nitrogen and oxygen atoms in total. The summed E-state index contributed by atoms with van der Waals surface area (Å²) < 4.78 is 10.5. The van der Waals surface area contributed by atoms with Crippen LogP contribution in [0.5, 0.6) is 5.88 Å². The molecular weight excluding hydrogens is 432 g/mol. The van der Waals surface area contributed by atoms with Crippen molar-refractivity contribution in [2.45, 2.75) is 52.2 Å². The summed E-state index contributed by atoms with van der Waals surface area (Å²) in [4.78, 5) is 16.3. The van der Waals surface area contributed by atoms with Crippen molar-refractivity contribution in [3.8, 4) is 5.88 Å². The van der Waals surface area contributed by atoms with E-state index in [1.54, 1.807) is 7.11 Å². The summed E-state index contributed by atoms with van der Waals surface area (Å²) in [6, 6.07) is 3.81. The van der Waals surface area contributed by atoms with Crippen LogP contribution in [0.4, 0.5) is 5.82 Å². The first-order valence-electron chi connectivity index (χ1n) is 12.4. The molecule has 1 aromatic heterocycles. The fraction of sp³-hybridized carbons (Fsp3) is 0.692. The van der Waals surface area contributed by atoms with Crippen LogP contribution in [-0.4, -0.2) is 77.7 Å². The third kappa shape index (κ3) is 5.08. The summed E-state index contributed by atoms with van der Waals surface area (Å²) in [6.45, 7) is 12.5. The molecule has 6 atom stereocenters. The average Bonchev–Trinajstić information content (AvgIpc) is 2.81. The Balaban J connectivity index is 1.38. The van der Waals surface area contributed by atoms with Gasteiger partial charge in [0.05, 0.1) is 19.1 Å². The van der Waals surface area contributed by atoms with Crippen molar-refractivity contribution >= 4 is 11.8 Å². The van der Waals surface area contributed by atoms with Gasteiger partial charge in [0, 0.05) is 51.6 Å². The van der Waals surface area contributed by atoms with Gasteiger partial charge in [-0.15, -0.1) is 10.2 Å². The number of rotatable bonds is 6. The summed E-state index contributed by atoms with van der Waals surface area (Å²) in [5, 5.41) is 20.1. The highest BCUT2D eigenvalue weighted by Gasteiger charge is 2.53. The number of ether oxygens (including phenoxy) is 2. The quantitative estimate of drug-likeness (QED) is 0.502. The molecule has 2 heterocycles. The first kappa shape index (κ1) is 24.9. The fourth-order valence-electron chi connectivity index (χ4n) is 5.90. The van der Waals surface area contributed by atoms with Crippen molar-refractivity contribution in [1.29, 1.82) is 0 Å². The average molecular weight is 471 g/mol. The van der Waals surface area contributed by atoms with Crippen LogP contribution in [0.25, 0.3) is 0 Å². The van der Waals surface area contributed by atoms with E-state index in [1.807, 2.05) is 19.1 Å². The Kier molecular flexibility index (Phi) is 7.48. The lowest BCUT2D eigenvalue weighted by Gasteiger charge is -2.53. The molecule has 4 rings (SSSR count). The maximum absolute atomic E-state index is 11.7. The standard InChI is InChI=1S/C26H38N4O4/c1-17-14-22-21(7-6-19(3)26(22,32)15-23(17)34-20(4)31)18(2)16-29-10-12-30(13-11-29)24-8-9-25(33-5)28-27-24/h8-9,14,18-19,21-23,32H,6-7,10-13,16H2,1-5H3/t18-,19-,21+,22-,23-,26-/m1/s1. The molecule has 0 aromatic carbocycles. The van der Waals surface area contributed by atoms with Crippen LogP contribution in [-0.2, 0) is 9.53 Å². The van der Waals surface area contributed by atoms with E-state index in [1.165, 1.54) is 6.92 Å². The summed E-state index contributed by atoms with van der Waals surface area (Å²) in [6.07, 6.45) is 6.90. The first-order chi connectivity index (χ1) is 16.2. The number of hydrogen-bond acceptors (Lipinski definition) is 8. The van der Waals surface area contributed by atoms with Gasteiger partial charge in [-0.25, -0.2) is 0 Å². The van der Waals surface area contributed by atoms with Crippen LogP contribution in [0.2, 0.25) is 0 Å². The van der Waals surface area contributed by atoms with Crippen molar-refractivity contribution in [3.05, 3.63) is 30.2 Å². The minimum atomic E-state index is -1.07. The summed E-state index contributed by atoms with van der Waals surface area (Å²) >= 11 is 0. The second kappa shape index (κ2) is 10.2. The normalized spacial score (nSPS) is 33.0. The number of carbonyl (C=O) groups is 1. The lowest BCUT2D eigenvalue weighted by molar-refractivity contribution is -0.148. The van der Waals surface area contributed by atoms with Gasteiger partial charge in [-0.3, -0.25) is 9.69 Å². The van der Waals surface area contributed by atoms with Gasteiger partial charge in [-0.05, 0) is 49.2 Å². The van der Waals surface area contributed by atoms with Gasteiger partial charge in [0.15, 0.2) is 5.82 Å². The minimum Gasteiger partial charge on any atom is -0.480 e. The highest BCUT2D eigenvalue weighted by Crippen LogP contribution is 2.50. The van der Waals surface area contributed by atoms with Crippen molar-refractivity contribution in [1.82, 2.24) is 15.1 Å². The molecule has 1 aromatic rings. The molecule has 1 N–H and O–H groups in total. The molecular formula is C26H38N4O4. The third-order valence-electron chi connectivity index (χ3n) is 7.96. The van der Waals surface area contributed by atoms with Crippen molar-refractivity contribution in [2.75, 3.05) is 44.7 Å². The number of hydrogen-bond donors (Lipinski definition) is 1. The summed E-state index contributed by atoms with van der Waals surface area (Å²) in [5.74, 6) is 1.92. The van der Waals surface area contributed by atoms with Crippen molar-refractivity contribution in [2.24, 2.45) is 23.7 Å². The van der Waals surface area contributed by atoms with E-state index < -0.39 is 11.7 Å². The second-order valence-corrected chi connectivity index (χ2v) is 10.2. The van der Waals surface area contributed by atoms with Crippen LogP contribution in [0.1, 0.15) is 40.5 Å². The minimum absolute atomic E-state index is 0.00563. The topological polar surface area (TPSA) is 88.0 Å². The van der Waals surface area contributed by atoms with E-state index in [-0.39, 0.29) is 17.8 Å². The zero-order valence-electron chi connectivity index (χ0n) is 21.0. The lowest BCUT2D eigenvalue weighted by atomic mass is 9.57. The second-order valence-electron chi connectivity index (χ2n) is 10.2. The molecule has 2 aliphatic carbocycles. The van der Waals surface area contributed by atoms with Crippen LogP contribution < -0.4 is 9.64 Å². The molecule has 186 valence electrons. The molecule has 0 bridgehead atoms. The molecule has 1 saturated carbocycles. The van der Waals surface area contributed by atoms with Crippen molar-refractivity contribution in [3.63, 3.8) is 0 Å². The van der Waals surface area contributed by atoms with E-state index in [2.05, 4.69) is 46.3 Å². The van der Waals surface area contributed by atoms with Gasteiger partial charge < -0.3 is 19.5 Å². The molecule has 34 heavy (non-hydrogen) atoms. The Labute approximate surface area is 203 Å². The molecule has 2 radical (unpaired) electrons. The molecule has 8 heteroatoms. The van der Waals surface area contributed by atoms with E-state index >= 15 is 0 Å². The molecule has 3 aliphatic rings. The SMILES string of the molecule is COc1ccc(N2CCN(C[C@@H](C)[C@@H]3CC[C@@H](C)[C@]4(O)[C][C@@H](OC(C)=O)C(C)=C[C@H]34)CC2)nn1. The number of aromatic nitrogens is 2. The summed E-state index contributed by atoms with van der Waals surface area (Å²) in [5.41, 5.74) is -0.104. The Morgan fingerprint density at radius 3 is 2.62 bits per heavy atom. The number of fused-ring (bicyclic) bond motifs is 1. The predicted octanol–water partition coefficient (Wildman–Crippen LogP) is 2.61. The van der Waals surface area contributed by atoms with Crippen LogP contribution in [0, 0.1) is 30.1 Å². The van der Waals surface area contributed by atoms with Crippen LogP contribution in [0.15, 0.2) is 23.8 Å². The predicted molar refractivity (Wildman–Crippen MR) is 129 cm³/mol. The largest absolute Gasteiger partial charge is 0.480 e. The zero-order chi connectivity index (χ0) is 24.5. The monoisotopic (exact) mass is 470 g/mol. The molecule has 1 saturated heterocycles. The number of piperazine rings is 1. The zero-order valence-corrected chi connectivity index (χ0v) is 21.0. The summed E-state index contributed by atoms with van der Waals surface area (Å²) in [7, 11) is 1.59. The van der Waals surface area contributed by atoms with E-state index in [0.29, 0.717) is 17.7 Å². The molecule has 2 fully saturated rings. The van der Waals surface area contributed by atoms with E-state index in [0.717, 1.165) is 57.0 Å². The number of anilines is 1. The molecule has 0 amide bonds. The Morgan fingerprint density at radius 1 is 1.26 bits per heavy atom. The smallest absolute Gasteiger partial charge is 0.303 e. The Bertz CT molecular complexity index is 883. The van der Waals surface area contributed by atoms with Crippen LogP contribution >= 0.6 is 0 Å². The van der Waals surface area contributed by atoms with Gasteiger partial charge in [0.1, 0.15) is 6.10 Å². The van der Waals surface area contributed by atoms with Gasteiger partial charge >= 0.3 is 5.97 Å². The van der Waals surface area contributed by atoms with E-state index in [4.69, 9.17) is 9.47 Å². The number of aliphatic hydroxyl groups is 1. The number of carbonyl (C=O) groups excluding carboxylic acids is 1. The van der Waals surface area contributed by atoms with Crippen LogP contribution in [0.3, 0.4) is 0 Å². The van der Waals surface area contributed by atoms with Crippen molar-refractivity contribution < 1.29 is 19.4 Å². The number of esters is 1. The van der Waals surface area contributed by atoms with E-state index in [9.17, 15) is 9.90 Å².